The fourth-order valence-corrected chi connectivity index (χ4v) is 4.83. The van der Waals surface area contributed by atoms with Gasteiger partial charge in [0.1, 0.15) is 0 Å². The average Bonchev–Trinajstić information content (AvgIpc) is 3.25. The van der Waals surface area contributed by atoms with Crippen LogP contribution in [-0.4, -0.2) is 30.9 Å². The summed E-state index contributed by atoms with van der Waals surface area (Å²) in [6.07, 6.45) is 0.706. The van der Waals surface area contributed by atoms with E-state index in [1.807, 2.05) is 30.3 Å². The number of hydrogen-bond donors (Lipinski definition) is 2. The van der Waals surface area contributed by atoms with Gasteiger partial charge >= 0.3 is 0 Å². The molecule has 4 rings (SSSR count). The fraction of sp³-hybridized carbons (Fsp3) is 0.353. The SMILES string of the molecule is CCS(=O)(=O)C1CC1C1=C(c2ccc3ccccc3n2)CNN1. The summed E-state index contributed by atoms with van der Waals surface area (Å²) >= 11 is 0. The summed E-state index contributed by atoms with van der Waals surface area (Å²) < 4.78 is 24.1. The largest absolute Gasteiger partial charge is 0.325 e. The van der Waals surface area contributed by atoms with Crippen LogP contribution in [0.2, 0.25) is 0 Å². The number of para-hydroxylation sites is 1. The van der Waals surface area contributed by atoms with E-state index in [9.17, 15) is 8.42 Å². The lowest BCUT2D eigenvalue weighted by atomic mass is 10.1. The van der Waals surface area contributed by atoms with Gasteiger partial charge in [-0.15, -0.1) is 0 Å². The van der Waals surface area contributed by atoms with Gasteiger partial charge in [-0.25, -0.2) is 18.8 Å². The van der Waals surface area contributed by atoms with E-state index in [-0.39, 0.29) is 16.9 Å². The molecule has 1 fully saturated rings. The minimum Gasteiger partial charge on any atom is -0.325 e. The predicted octanol–water partition coefficient (Wildman–Crippen LogP) is 1.88. The molecular formula is C17H19N3O2S. The molecule has 2 aromatic rings. The van der Waals surface area contributed by atoms with Gasteiger partial charge in [0.2, 0.25) is 0 Å². The topological polar surface area (TPSA) is 71.1 Å². The van der Waals surface area contributed by atoms with Gasteiger partial charge in [0.25, 0.3) is 0 Å². The number of pyridine rings is 1. The van der Waals surface area contributed by atoms with Crippen LogP contribution >= 0.6 is 0 Å². The third-order valence-corrected chi connectivity index (χ3v) is 6.94. The summed E-state index contributed by atoms with van der Waals surface area (Å²) in [7, 11) is -2.97. The van der Waals surface area contributed by atoms with Crippen LogP contribution in [-0.2, 0) is 9.84 Å². The standard InChI is InChI=1S/C17H19N3O2S/c1-2-23(21,22)16-9-12(16)17-13(10-18-20-17)15-8-7-11-5-3-4-6-14(11)19-15/h3-8,12,16,18,20H,2,9-10H2,1H3. The molecule has 2 heterocycles. The molecule has 1 saturated carbocycles. The smallest absolute Gasteiger partial charge is 0.153 e. The summed E-state index contributed by atoms with van der Waals surface area (Å²) in [5, 5.41) is 0.862. The van der Waals surface area contributed by atoms with Crippen LogP contribution in [0, 0.1) is 5.92 Å². The zero-order chi connectivity index (χ0) is 16.0. The minimum atomic E-state index is -2.97. The summed E-state index contributed by atoms with van der Waals surface area (Å²) in [5.41, 5.74) is 10.2. The van der Waals surface area contributed by atoms with E-state index in [0.717, 1.165) is 27.9 Å². The molecule has 23 heavy (non-hydrogen) atoms. The predicted molar refractivity (Wildman–Crippen MR) is 91.2 cm³/mol. The van der Waals surface area contributed by atoms with Crippen molar-refractivity contribution in [2.24, 2.45) is 5.92 Å². The van der Waals surface area contributed by atoms with Crippen molar-refractivity contribution in [2.75, 3.05) is 12.3 Å². The highest BCUT2D eigenvalue weighted by Gasteiger charge is 2.50. The van der Waals surface area contributed by atoms with Gasteiger partial charge in [-0.05, 0) is 18.6 Å². The lowest BCUT2D eigenvalue weighted by Crippen LogP contribution is -2.25. The molecule has 0 radical (unpaired) electrons. The molecule has 120 valence electrons. The van der Waals surface area contributed by atoms with Gasteiger partial charge in [-0.3, -0.25) is 0 Å². The fourth-order valence-electron chi connectivity index (χ4n) is 3.26. The first kappa shape index (κ1) is 14.7. The molecule has 0 amide bonds. The molecule has 5 nitrogen and oxygen atoms in total. The second kappa shape index (κ2) is 5.32. The van der Waals surface area contributed by atoms with Crippen molar-refractivity contribution in [3.8, 4) is 0 Å². The Morgan fingerprint density at radius 1 is 1.22 bits per heavy atom. The highest BCUT2D eigenvalue weighted by Crippen LogP contribution is 2.45. The molecule has 0 spiro atoms. The molecule has 0 saturated heterocycles. The Balaban J connectivity index is 1.71. The Bertz CT molecular complexity index is 905. The highest BCUT2D eigenvalue weighted by atomic mass is 32.2. The lowest BCUT2D eigenvalue weighted by Gasteiger charge is -2.07. The normalized spacial score (nSPS) is 24.0. The first-order chi connectivity index (χ1) is 11.1. The minimum absolute atomic E-state index is 0.0678. The van der Waals surface area contributed by atoms with E-state index < -0.39 is 9.84 Å². The molecule has 1 aromatic carbocycles. The van der Waals surface area contributed by atoms with Gasteiger partial charge in [-0.2, -0.15) is 0 Å². The van der Waals surface area contributed by atoms with Crippen LogP contribution < -0.4 is 10.9 Å². The maximum absolute atomic E-state index is 12.1. The van der Waals surface area contributed by atoms with Crippen LogP contribution in [0.15, 0.2) is 42.1 Å². The van der Waals surface area contributed by atoms with E-state index in [1.165, 1.54) is 0 Å². The Labute approximate surface area is 135 Å². The molecule has 2 atom stereocenters. The molecule has 1 aromatic heterocycles. The Morgan fingerprint density at radius 2 is 2.04 bits per heavy atom. The summed E-state index contributed by atoms with van der Waals surface area (Å²) in [6, 6.07) is 12.1. The van der Waals surface area contributed by atoms with Crippen LogP contribution in [0.4, 0.5) is 0 Å². The number of nitrogens with one attached hydrogen (secondary N) is 2. The second-order valence-electron chi connectivity index (χ2n) is 6.09. The number of sulfone groups is 1. The first-order valence-corrected chi connectivity index (χ1v) is 9.61. The molecule has 0 bridgehead atoms. The number of rotatable bonds is 4. The van der Waals surface area contributed by atoms with Crippen molar-refractivity contribution < 1.29 is 8.42 Å². The zero-order valence-corrected chi connectivity index (χ0v) is 13.7. The van der Waals surface area contributed by atoms with Crippen LogP contribution in [0.5, 0.6) is 0 Å². The van der Waals surface area contributed by atoms with Gasteiger partial charge < -0.3 is 5.43 Å². The van der Waals surface area contributed by atoms with E-state index in [4.69, 9.17) is 4.98 Å². The Kier molecular flexibility index (Phi) is 3.39. The van der Waals surface area contributed by atoms with Crippen molar-refractivity contribution in [1.29, 1.82) is 0 Å². The van der Waals surface area contributed by atoms with Crippen LogP contribution in [0.1, 0.15) is 19.0 Å². The molecule has 2 aliphatic rings. The maximum atomic E-state index is 12.1. The molecule has 2 unspecified atom stereocenters. The quantitative estimate of drug-likeness (QED) is 0.896. The van der Waals surface area contributed by atoms with Crippen LogP contribution in [0.3, 0.4) is 0 Å². The van der Waals surface area contributed by atoms with Crippen molar-refractivity contribution in [3.05, 3.63) is 47.8 Å². The third-order valence-electron chi connectivity index (χ3n) is 4.69. The lowest BCUT2D eigenvalue weighted by molar-refractivity contribution is 0.592. The number of nitrogens with zero attached hydrogens (tertiary/aromatic N) is 1. The highest BCUT2D eigenvalue weighted by molar-refractivity contribution is 7.92. The number of benzene rings is 1. The van der Waals surface area contributed by atoms with Gasteiger partial charge in [0.05, 0.1) is 16.5 Å². The molecule has 1 aliphatic carbocycles. The summed E-state index contributed by atoms with van der Waals surface area (Å²) in [5.74, 6) is 0.275. The second-order valence-corrected chi connectivity index (χ2v) is 8.60. The Hall–Kier alpha value is -1.92. The van der Waals surface area contributed by atoms with Crippen molar-refractivity contribution >= 4 is 26.3 Å². The maximum Gasteiger partial charge on any atom is 0.153 e. The van der Waals surface area contributed by atoms with Crippen molar-refractivity contribution in [2.45, 2.75) is 18.6 Å². The van der Waals surface area contributed by atoms with E-state index >= 15 is 0 Å². The van der Waals surface area contributed by atoms with E-state index in [1.54, 1.807) is 6.92 Å². The van der Waals surface area contributed by atoms with Gasteiger partial charge in [0.15, 0.2) is 9.84 Å². The third kappa shape index (κ3) is 2.52. The van der Waals surface area contributed by atoms with E-state index in [0.29, 0.717) is 13.0 Å². The zero-order valence-electron chi connectivity index (χ0n) is 12.9. The molecule has 6 heteroatoms. The Morgan fingerprint density at radius 3 is 2.87 bits per heavy atom. The number of hydrazine groups is 1. The number of hydrogen-bond acceptors (Lipinski definition) is 5. The number of fused-ring (bicyclic) bond motifs is 1. The monoisotopic (exact) mass is 329 g/mol. The molecule has 2 N–H and O–H groups in total. The summed E-state index contributed by atoms with van der Waals surface area (Å²) in [4.78, 5) is 4.74. The van der Waals surface area contributed by atoms with Crippen molar-refractivity contribution in [1.82, 2.24) is 15.8 Å². The van der Waals surface area contributed by atoms with Crippen LogP contribution in [0.25, 0.3) is 16.5 Å². The molecule has 1 aliphatic heterocycles. The van der Waals surface area contributed by atoms with Gasteiger partial charge in [0, 0.05) is 34.9 Å². The van der Waals surface area contributed by atoms with Crippen molar-refractivity contribution in [3.63, 3.8) is 0 Å². The van der Waals surface area contributed by atoms with E-state index in [2.05, 4.69) is 16.9 Å². The average molecular weight is 329 g/mol. The number of aromatic nitrogens is 1. The summed E-state index contributed by atoms with van der Waals surface area (Å²) in [6.45, 7) is 2.38. The first-order valence-electron chi connectivity index (χ1n) is 7.90. The number of allylic oxidation sites excluding steroid dienone is 1. The van der Waals surface area contributed by atoms with Gasteiger partial charge in [-0.1, -0.05) is 31.2 Å². The molecular weight excluding hydrogens is 310 g/mol.